The van der Waals surface area contributed by atoms with E-state index < -0.39 is 43.3 Å². The number of hydrogen-bond acceptors (Lipinski definition) is 8. The van der Waals surface area contributed by atoms with E-state index in [2.05, 4.69) is 305 Å². The van der Waals surface area contributed by atoms with Crippen molar-refractivity contribution in [2.45, 2.75) is 205 Å². The van der Waals surface area contributed by atoms with Gasteiger partial charge in [0.05, 0.1) is 0 Å². The van der Waals surface area contributed by atoms with E-state index in [0.29, 0.717) is 89.0 Å². The maximum atomic E-state index is 13.8. The molecule has 0 aromatic heterocycles. The van der Waals surface area contributed by atoms with Gasteiger partial charge in [0.15, 0.2) is 0 Å². The molecule has 0 fully saturated rings. The van der Waals surface area contributed by atoms with E-state index >= 15 is 0 Å². The van der Waals surface area contributed by atoms with Gasteiger partial charge in [0.25, 0.3) is 0 Å². The molecule has 1 aliphatic rings. The van der Waals surface area contributed by atoms with E-state index in [1.807, 2.05) is 146 Å². The predicted octanol–water partition coefficient (Wildman–Crippen LogP) is 29.0. The molecule has 136 heavy (non-hydrogen) atoms. The molecular weight excluding hydrogens is 1670 g/mol. The first-order valence-corrected chi connectivity index (χ1v) is 48.0. The maximum Gasteiger partial charge on any atom is 0.122 e. The molecule has 17 rings (SSSR count). The minimum absolute atomic E-state index is 0.00385. The highest BCUT2D eigenvalue weighted by molar-refractivity contribution is 5.66. The minimum atomic E-state index is -0.668. The Morgan fingerprint density at radius 1 is 0.118 bits per heavy atom. The Balaban J connectivity index is 0.955. The first-order valence-electron chi connectivity index (χ1n) is 48.0. The largest absolute Gasteiger partial charge is 0.507 e. The van der Waals surface area contributed by atoms with Crippen LogP contribution in [0.25, 0.3) is 0 Å². The molecule has 8 N–H and O–H groups in total. The van der Waals surface area contributed by atoms with Crippen LogP contribution in [0, 0.1) is 0 Å². The summed E-state index contributed by atoms with van der Waals surface area (Å²) < 4.78 is 0. The molecule has 0 radical (unpaired) electrons. The van der Waals surface area contributed by atoms with Gasteiger partial charge in [-0.2, -0.15) is 0 Å². The summed E-state index contributed by atoms with van der Waals surface area (Å²) in [5, 5.41) is 110. The third-order valence-electron chi connectivity index (χ3n) is 30.9. The maximum absolute atomic E-state index is 13.8. The molecule has 0 saturated carbocycles. The molecule has 0 saturated heterocycles. The van der Waals surface area contributed by atoms with Gasteiger partial charge >= 0.3 is 0 Å². The molecule has 8 nitrogen and oxygen atoms in total. The zero-order valence-electron chi connectivity index (χ0n) is 81.6. The van der Waals surface area contributed by atoms with Crippen LogP contribution < -0.4 is 0 Å². The molecule has 16 aromatic carbocycles. The Bertz CT molecular complexity index is 5640. The van der Waals surface area contributed by atoms with E-state index in [1.165, 1.54) is 0 Å². The van der Waals surface area contributed by atoms with Crippen molar-refractivity contribution in [1.29, 1.82) is 0 Å². The number of rotatable bonds is 16. The second-order valence-electron chi connectivity index (χ2n) is 42.5. The van der Waals surface area contributed by atoms with Crippen molar-refractivity contribution in [2.75, 3.05) is 0 Å². The number of hydrogen-bond donors (Lipinski definition) is 8. The highest BCUT2D eigenvalue weighted by Gasteiger charge is 2.38. The first kappa shape index (κ1) is 93.7. The molecule has 16 aromatic rings. The van der Waals surface area contributed by atoms with Gasteiger partial charge in [0, 0.05) is 94.7 Å². The van der Waals surface area contributed by atoms with Crippen LogP contribution in [0.5, 0.6) is 46.0 Å². The summed E-state index contributed by atoms with van der Waals surface area (Å²) in [5.74, 6) is 0.0308. The van der Waals surface area contributed by atoms with Gasteiger partial charge in [-0.15, -0.1) is 0 Å². The van der Waals surface area contributed by atoms with Crippen molar-refractivity contribution in [3.8, 4) is 46.0 Å². The van der Waals surface area contributed by atoms with Crippen molar-refractivity contribution in [1.82, 2.24) is 0 Å². The smallest absolute Gasteiger partial charge is 0.122 e. The van der Waals surface area contributed by atoms with Crippen molar-refractivity contribution in [3.63, 3.8) is 0 Å². The van der Waals surface area contributed by atoms with E-state index in [1.54, 1.807) is 0 Å². The molecule has 0 unspecified atom stereocenters. The minimum Gasteiger partial charge on any atom is -0.507 e. The summed E-state index contributed by atoms with van der Waals surface area (Å²) in [6, 6.07) is 116. The lowest BCUT2D eigenvalue weighted by atomic mass is 9.74. The van der Waals surface area contributed by atoms with Crippen LogP contribution >= 0.6 is 0 Å². The van der Waals surface area contributed by atoms with Crippen molar-refractivity contribution in [2.24, 2.45) is 0 Å². The summed E-state index contributed by atoms with van der Waals surface area (Å²) in [6.45, 7) is 35.1. The summed E-state index contributed by atoms with van der Waals surface area (Å²) in [5.41, 5.74) is 19.0. The number of aromatic hydroxyl groups is 8. The molecule has 16 bridgehead atoms. The summed E-state index contributed by atoms with van der Waals surface area (Å²) in [4.78, 5) is 0. The molecule has 1 aliphatic carbocycles. The number of phenols is 8. The highest BCUT2D eigenvalue weighted by atomic mass is 16.3. The van der Waals surface area contributed by atoms with E-state index in [4.69, 9.17) is 0 Å². The van der Waals surface area contributed by atoms with Crippen LogP contribution in [-0.4, -0.2) is 40.9 Å². The van der Waals surface area contributed by atoms with Gasteiger partial charge in [-0.25, -0.2) is 0 Å². The van der Waals surface area contributed by atoms with Gasteiger partial charge in [-0.1, -0.05) is 450 Å². The standard InChI is InChI=1S/C128H128O8/c1-121(2,97-41-25-17-26-42-97)105-65-81-57-83-67-106(122(3,4)98-43-27-18-28-44-98)69-85(114(83)130)59-87-71-108(124(7,8)100-47-31-20-32-48-100)73-89(116(87)132)61-91-75-110(126(11,12)102-51-35-22-36-52-102)77-93(118(91)134)63-95-79-112(128(15,16)104-55-39-24-40-56-104)80-96(120(95)136)64-94-78-111(127(13,14)103-53-37-23-38-54-103)76-92(119(94)135)62-90-74-109(125(9,10)101-49-33-21-34-50-101)72-88(117(90)133)60-86-70-107(123(5,6)99-45-29-19-30-46-99)68-84(115(86)131)58-82(66-105)113(81)129/h17-56,65-80,129-136H,57-64H2,1-16H3. The summed E-state index contributed by atoms with van der Waals surface area (Å²) >= 11 is 0. The molecule has 0 amide bonds. The van der Waals surface area contributed by atoms with Gasteiger partial charge in [0.2, 0.25) is 0 Å². The monoisotopic (exact) mass is 1790 g/mol. The Hall–Kier alpha value is -14.1. The molecular formula is C128H128O8. The molecule has 0 atom stereocenters. The Kier molecular flexibility index (Phi) is 25.2. The lowest BCUT2D eigenvalue weighted by Crippen LogP contribution is -2.21. The molecule has 0 aliphatic heterocycles. The normalized spacial score (nSPS) is 13.3. The Morgan fingerprint density at radius 3 is 0.265 bits per heavy atom. The van der Waals surface area contributed by atoms with Crippen molar-refractivity contribution in [3.05, 3.63) is 518 Å². The number of fused-ring (bicyclic) bond motifs is 16. The van der Waals surface area contributed by atoms with Crippen LogP contribution in [0.2, 0.25) is 0 Å². The SMILES string of the molecule is CC(C)(c1ccccc1)c1cc2c(O)c(c1)Cc1cc(C(C)(C)c3ccccc3)cc(c1O)Cc1cc(C(C)(C)c3ccccc3)cc(c1O)Cc1cc(C(C)(C)c3ccccc3)cc(c1O)Cc1cc(C(C)(C)c3ccccc3)cc(c1O)Cc1cc(C(C)(C)c3ccccc3)cc(c1O)Cc1cc(C(C)(C)c3ccccc3)cc(c1O)Cc1cc(C(C)(C)c3ccccc3)cc(c1O)C2. The third kappa shape index (κ3) is 18.1. The average molecular weight is 1790 g/mol. The fourth-order valence-electron chi connectivity index (χ4n) is 20.9. The topological polar surface area (TPSA) is 162 Å². The molecule has 688 valence electrons. The van der Waals surface area contributed by atoms with Gasteiger partial charge in [-0.3, -0.25) is 0 Å². The van der Waals surface area contributed by atoms with Gasteiger partial charge in [0.1, 0.15) is 46.0 Å². The second kappa shape index (κ2) is 36.6. The van der Waals surface area contributed by atoms with Gasteiger partial charge in [-0.05, 0) is 178 Å². The lowest BCUT2D eigenvalue weighted by molar-refractivity contribution is 0.450. The molecule has 8 heteroatoms. The number of phenolic OH excluding ortho intramolecular Hbond substituents is 8. The van der Waals surface area contributed by atoms with Crippen LogP contribution in [0.1, 0.15) is 289 Å². The van der Waals surface area contributed by atoms with Gasteiger partial charge < -0.3 is 40.9 Å². The second-order valence-corrected chi connectivity index (χ2v) is 42.5. The van der Waals surface area contributed by atoms with E-state index in [-0.39, 0.29) is 97.4 Å². The summed E-state index contributed by atoms with van der Waals surface area (Å²) in [6.07, 6.45) is 0.465. The zero-order chi connectivity index (χ0) is 96.3. The summed E-state index contributed by atoms with van der Waals surface area (Å²) in [7, 11) is 0. The Labute approximate surface area is 804 Å². The molecule has 0 heterocycles. The number of benzene rings is 16. The van der Waals surface area contributed by atoms with E-state index in [0.717, 1.165) is 89.0 Å². The average Bonchev–Trinajstić information content (AvgIpc) is 0.759. The quantitative estimate of drug-likeness (QED) is 0.0474. The van der Waals surface area contributed by atoms with E-state index in [9.17, 15) is 40.9 Å². The first-order chi connectivity index (χ1) is 64.7. The van der Waals surface area contributed by atoms with Crippen molar-refractivity contribution < 1.29 is 40.9 Å². The van der Waals surface area contributed by atoms with Crippen LogP contribution in [0.15, 0.2) is 340 Å². The fraction of sp³-hybridized carbons (Fsp3) is 0.250. The molecule has 0 spiro atoms. The van der Waals surface area contributed by atoms with Crippen LogP contribution in [0.4, 0.5) is 0 Å². The third-order valence-corrected chi connectivity index (χ3v) is 30.9. The van der Waals surface area contributed by atoms with Crippen LogP contribution in [-0.2, 0) is 94.7 Å². The predicted molar refractivity (Wildman–Crippen MR) is 556 cm³/mol. The fourth-order valence-corrected chi connectivity index (χ4v) is 20.9. The lowest BCUT2D eigenvalue weighted by Gasteiger charge is -2.30. The zero-order valence-corrected chi connectivity index (χ0v) is 81.6. The highest BCUT2D eigenvalue weighted by Crippen LogP contribution is 2.51. The Morgan fingerprint density at radius 2 is 0.191 bits per heavy atom. The van der Waals surface area contributed by atoms with Crippen molar-refractivity contribution >= 4 is 0 Å². The van der Waals surface area contributed by atoms with Crippen LogP contribution in [0.3, 0.4) is 0 Å².